The standard InChI is InChI=1S/C25H33N5O5/c1-16(2)12-25(6,27)15-33-20-9-8-17(10-18(20)13-26)19-11-21(29-28-14-19)34-22(31)30(7)23(32)35-24(3,4)5/h8-11,14,16H,12,15,27H2,1-7H3/t25-/m0/s1. The fourth-order valence-corrected chi connectivity index (χ4v) is 3.27. The molecule has 0 fully saturated rings. The molecule has 0 radical (unpaired) electrons. The van der Waals surface area contributed by atoms with Gasteiger partial charge in [0.1, 0.15) is 24.0 Å². The molecule has 10 heteroatoms. The lowest BCUT2D eigenvalue weighted by Crippen LogP contribution is -2.43. The summed E-state index contributed by atoms with van der Waals surface area (Å²) in [5.74, 6) is 0.719. The molecular formula is C25H33N5O5. The van der Waals surface area contributed by atoms with Crippen LogP contribution in [0.1, 0.15) is 53.5 Å². The van der Waals surface area contributed by atoms with E-state index in [2.05, 4.69) is 30.1 Å². The Kier molecular flexibility index (Phi) is 8.77. The molecule has 2 N–H and O–H groups in total. The van der Waals surface area contributed by atoms with Gasteiger partial charge in [-0.25, -0.2) is 14.5 Å². The molecule has 1 atom stereocenters. The van der Waals surface area contributed by atoms with Gasteiger partial charge < -0.3 is 19.9 Å². The zero-order valence-corrected chi connectivity index (χ0v) is 21.3. The third-order valence-electron chi connectivity index (χ3n) is 4.63. The summed E-state index contributed by atoms with van der Waals surface area (Å²) in [5.41, 5.74) is 6.52. The van der Waals surface area contributed by atoms with Gasteiger partial charge in [-0.2, -0.15) is 10.4 Å². The zero-order chi connectivity index (χ0) is 26.4. The second-order valence-corrected chi connectivity index (χ2v) is 10.1. The number of nitrogens with two attached hydrogens (primary N) is 1. The number of nitrogens with zero attached hydrogens (tertiary/aromatic N) is 4. The first kappa shape index (κ1) is 27.5. The van der Waals surface area contributed by atoms with Crippen LogP contribution in [0.5, 0.6) is 11.6 Å². The van der Waals surface area contributed by atoms with Crippen molar-refractivity contribution in [3.05, 3.63) is 36.0 Å². The van der Waals surface area contributed by atoms with E-state index in [-0.39, 0.29) is 12.5 Å². The average Bonchev–Trinajstić information content (AvgIpc) is 2.75. The molecule has 0 saturated carbocycles. The van der Waals surface area contributed by atoms with Gasteiger partial charge in [0.2, 0.25) is 5.88 Å². The summed E-state index contributed by atoms with van der Waals surface area (Å²) in [6.45, 7) is 11.4. The van der Waals surface area contributed by atoms with Crippen molar-refractivity contribution in [3.8, 4) is 28.8 Å². The van der Waals surface area contributed by atoms with Crippen LogP contribution in [0, 0.1) is 17.2 Å². The highest BCUT2D eigenvalue weighted by Gasteiger charge is 2.26. The highest BCUT2D eigenvalue weighted by atomic mass is 16.6. The summed E-state index contributed by atoms with van der Waals surface area (Å²) >= 11 is 0. The topological polar surface area (TPSA) is 141 Å². The minimum Gasteiger partial charge on any atom is -0.490 e. The monoisotopic (exact) mass is 483 g/mol. The van der Waals surface area contributed by atoms with Gasteiger partial charge in [0.15, 0.2) is 0 Å². The van der Waals surface area contributed by atoms with Gasteiger partial charge in [-0.15, -0.1) is 5.10 Å². The van der Waals surface area contributed by atoms with Crippen LogP contribution in [0.25, 0.3) is 11.1 Å². The first-order valence-electron chi connectivity index (χ1n) is 11.2. The highest BCUT2D eigenvalue weighted by molar-refractivity contribution is 5.88. The molecule has 2 rings (SSSR count). The molecule has 0 aliphatic carbocycles. The number of benzene rings is 1. The van der Waals surface area contributed by atoms with E-state index in [0.29, 0.717) is 33.3 Å². The summed E-state index contributed by atoms with van der Waals surface area (Å²) in [6, 6.07) is 8.68. The van der Waals surface area contributed by atoms with Gasteiger partial charge in [0.25, 0.3) is 0 Å². The first-order valence-corrected chi connectivity index (χ1v) is 11.2. The normalized spacial score (nSPS) is 12.9. The molecule has 2 aromatic rings. The minimum absolute atomic E-state index is 0.116. The van der Waals surface area contributed by atoms with Crippen molar-refractivity contribution in [2.75, 3.05) is 13.7 Å². The second-order valence-electron chi connectivity index (χ2n) is 10.1. The molecule has 2 amide bonds. The maximum absolute atomic E-state index is 12.3. The molecule has 0 unspecified atom stereocenters. The van der Waals surface area contributed by atoms with Crippen molar-refractivity contribution in [3.63, 3.8) is 0 Å². The molecule has 0 aliphatic heterocycles. The Bertz CT molecular complexity index is 1100. The van der Waals surface area contributed by atoms with Crippen LogP contribution in [0.15, 0.2) is 30.5 Å². The summed E-state index contributed by atoms with van der Waals surface area (Å²) in [6.07, 6.45) is 0.410. The molecule has 0 bridgehead atoms. The van der Waals surface area contributed by atoms with Crippen molar-refractivity contribution in [2.45, 2.75) is 59.1 Å². The van der Waals surface area contributed by atoms with Crippen molar-refractivity contribution < 1.29 is 23.8 Å². The largest absolute Gasteiger partial charge is 0.490 e. The number of hydrogen-bond acceptors (Lipinski definition) is 9. The lowest BCUT2D eigenvalue weighted by atomic mass is 9.93. The summed E-state index contributed by atoms with van der Waals surface area (Å²) in [5, 5.41) is 17.3. The van der Waals surface area contributed by atoms with E-state index in [4.69, 9.17) is 19.9 Å². The van der Waals surface area contributed by atoms with Gasteiger partial charge in [-0.1, -0.05) is 19.9 Å². The molecule has 1 heterocycles. The van der Waals surface area contributed by atoms with E-state index < -0.39 is 23.3 Å². The quantitative estimate of drug-likeness (QED) is 0.601. The molecule has 0 aliphatic rings. The second kappa shape index (κ2) is 11.1. The van der Waals surface area contributed by atoms with Gasteiger partial charge in [0, 0.05) is 24.2 Å². The molecule has 1 aromatic heterocycles. The fraction of sp³-hybridized carbons (Fsp3) is 0.480. The molecule has 0 spiro atoms. The van der Waals surface area contributed by atoms with E-state index in [1.807, 2.05) is 6.92 Å². The number of carbonyl (C=O) groups is 2. The Balaban J connectivity index is 2.16. The van der Waals surface area contributed by atoms with Crippen molar-refractivity contribution in [1.29, 1.82) is 5.26 Å². The Hall–Kier alpha value is -3.71. The Morgan fingerprint density at radius 2 is 1.83 bits per heavy atom. The van der Waals surface area contributed by atoms with E-state index >= 15 is 0 Å². The number of imide groups is 1. The smallest absolute Gasteiger partial charge is 0.425 e. The third kappa shape index (κ3) is 8.54. The molecule has 10 nitrogen and oxygen atoms in total. The lowest BCUT2D eigenvalue weighted by molar-refractivity contribution is 0.0320. The number of hydrogen-bond donors (Lipinski definition) is 1. The van der Waals surface area contributed by atoms with Crippen molar-refractivity contribution in [1.82, 2.24) is 15.1 Å². The number of rotatable bonds is 7. The fourth-order valence-electron chi connectivity index (χ4n) is 3.27. The number of carbonyl (C=O) groups excluding carboxylic acids is 2. The van der Waals surface area contributed by atoms with Gasteiger partial charge in [0.05, 0.1) is 11.8 Å². The van der Waals surface area contributed by atoms with Crippen LogP contribution < -0.4 is 15.2 Å². The van der Waals surface area contributed by atoms with Crippen LogP contribution in [-0.2, 0) is 4.74 Å². The van der Waals surface area contributed by atoms with Gasteiger partial charge in [-0.05, 0) is 57.7 Å². The highest BCUT2D eigenvalue weighted by Crippen LogP contribution is 2.28. The van der Waals surface area contributed by atoms with E-state index in [9.17, 15) is 14.9 Å². The minimum atomic E-state index is -0.974. The van der Waals surface area contributed by atoms with E-state index in [1.165, 1.54) is 19.3 Å². The molecule has 188 valence electrons. The Morgan fingerprint density at radius 3 is 2.43 bits per heavy atom. The summed E-state index contributed by atoms with van der Waals surface area (Å²) in [7, 11) is 1.24. The summed E-state index contributed by atoms with van der Waals surface area (Å²) < 4.78 is 16.2. The zero-order valence-electron chi connectivity index (χ0n) is 21.3. The predicted octanol–water partition coefficient (Wildman–Crippen LogP) is 4.52. The summed E-state index contributed by atoms with van der Waals surface area (Å²) in [4.78, 5) is 25.1. The first-order chi connectivity index (χ1) is 16.2. The van der Waals surface area contributed by atoms with Crippen LogP contribution in [0.4, 0.5) is 9.59 Å². The van der Waals surface area contributed by atoms with Crippen LogP contribution in [0.2, 0.25) is 0 Å². The molecule has 0 saturated heterocycles. The number of aromatic nitrogens is 2. The van der Waals surface area contributed by atoms with Gasteiger partial charge in [-0.3, -0.25) is 0 Å². The Morgan fingerprint density at radius 1 is 1.14 bits per heavy atom. The Labute approximate surface area is 206 Å². The average molecular weight is 484 g/mol. The molecular weight excluding hydrogens is 450 g/mol. The van der Waals surface area contributed by atoms with Crippen molar-refractivity contribution in [2.24, 2.45) is 11.7 Å². The molecule has 1 aromatic carbocycles. The van der Waals surface area contributed by atoms with E-state index in [1.54, 1.807) is 39.0 Å². The van der Waals surface area contributed by atoms with Gasteiger partial charge >= 0.3 is 12.2 Å². The number of ether oxygens (including phenoxy) is 3. The molecule has 35 heavy (non-hydrogen) atoms. The van der Waals surface area contributed by atoms with E-state index in [0.717, 1.165) is 6.42 Å². The lowest BCUT2D eigenvalue weighted by Gasteiger charge is -2.26. The number of nitriles is 1. The maximum Gasteiger partial charge on any atom is 0.425 e. The maximum atomic E-state index is 12.3. The predicted molar refractivity (Wildman–Crippen MR) is 130 cm³/mol. The van der Waals surface area contributed by atoms with Crippen LogP contribution >= 0.6 is 0 Å². The van der Waals surface area contributed by atoms with Crippen molar-refractivity contribution >= 4 is 12.2 Å². The SMILES string of the molecule is CC(C)C[C@](C)(N)COc1ccc(-c2cnnc(OC(=O)N(C)C(=O)OC(C)(C)C)c2)cc1C#N. The van der Waals surface area contributed by atoms with Crippen LogP contribution in [-0.4, -0.2) is 52.1 Å². The number of amides is 2. The van der Waals surface area contributed by atoms with Crippen LogP contribution in [0.3, 0.4) is 0 Å². The third-order valence-corrected chi connectivity index (χ3v) is 4.63.